The van der Waals surface area contributed by atoms with Crippen molar-refractivity contribution in [1.29, 1.82) is 0 Å². The first-order valence-corrected chi connectivity index (χ1v) is 7.27. The summed E-state index contributed by atoms with van der Waals surface area (Å²) >= 11 is 0. The van der Waals surface area contributed by atoms with E-state index >= 15 is 0 Å². The van der Waals surface area contributed by atoms with Gasteiger partial charge in [-0.05, 0) is 36.8 Å². The molecule has 0 saturated carbocycles. The van der Waals surface area contributed by atoms with E-state index in [0.29, 0.717) is 11.4 Å². The number of nitrogens with one attached hydrogen (secondary N) is 1. The smallest absolute Gasteiger partial charge is 0.311 e. The number of rotatable bonds is 6. The van der Waals surface area contributed by atoms with Crippen LogP contribution in [-0.4, -0.2) is 25.1 Å². The summed E-state index contributed by atoms with van der Waals surface area (Å²) in [6.45, 7) is 1.54. The molecule has 0 fully saturated rings. The summed E-state index contributed by atoms with van der Waals surface area (Å²) in [5, 5.41) is 2.69. The molecule has 0 heterocycles. The van der Waals surface area contributed by atoms with E-state index in [1.54, 1.807) is 50.4 Å². The van der Waals surface area contributed by atoms with Gasteiger partial charge in [-0.3, -0.25) is 9.59 Å². The molecular formula is C18H19NO4. The normalized spacial score (nSPS) is 11.4. The molecule has 0 aliphatic rings. The molecule has 0 radical (unpaired) electrons. The summed E-state index contributed by atoms with van der Waals surface area (Å²) in [6.07, 6.45) is -0.784. The zero-order chi connectivity index (χ0) is 16.7. The van der Waals surface area contributed by atoms with Crippen molar-refractivity contribution in [3.05, 3.63) is 60.2 Å². The number of anilines is 1. The molecule has 23 heavy (non-hydrogen) atoms. The minimum absolute atomic E-state index is 0.0835. The molecule has 5 heteroatoms. The minimum atomic E-state index is -0.867. The number of hydrogen-bond acceptors (Lipinski definition) is 4. The Kier molecular flexibility index (Phi) is 5.74. The Hall–Kier alpha value is -2.82. The van der Waals surface area contributed by atoms with Crippen LogP contribution in [0.5, 0.6) is 5.75 Å². The van der Waals surface area contributed by atoms with Gasteiger partial charge < -0.3 is 14.8 Å². The number of hydrogen-bond donors (Lipinski definition) is 1. The van der Waals surface area contributed by atoms with Crippen molar-refractivity contribution >= 4 is 17.6 Å². The third kappa shape index (κ3) is 5.14. The molecular weight excluding hydrogens is 294 g/mol. The van der Waals surface area contributed by atoms with E-state index in [-0.39, 0.29) is 12.3 Å². The molecule has 0 saturated heterocycles. The highest BCUT2D eigenvalue weighted by molar-refractivity contribution is 5.95. The second-order valence-corrected chi connectivity index (χ2v) is 5.02. The van der Waals surface area contributed by atoms with E-state index < -0.39 is 12.1 Å². The van der Waals surface area contributed by atoms with E-state index in [2.05, 4.69) is 5.32 Å². The molecule has 0 unspecified atom stereocenters. The van der Waals surface area contributed by atoms with Crippen LogP contribution in [0.15, 0.2) is 54.6 Å². The van der Waals surface area contributed by atoms with Gasteiger partial charge in [-0.1, -0.05) is 30.3 Å². The standard InChI is InChI=1S/C18H19NO4/c1-13(18(21)19-15-8-4-3-5-9-15)23-17(20)12-14-7-6-10-16(11-14)22-2/h3-11,13H,12H2,1-2H3,(H,19,21)/t13-/m0/s1. The van der Waals surface area contributed by atoms with Crippen LogP contribution in [0.25, 0.3) is 0 Å². The number of amides is 1. The van der Waals surface area contributed by atoms with Crippen LogP contribution in [0.4, 0.5) is 5.69 Å². The van der Waals surface area contributed by atoms with Crippen molar-refractivity contribution < 1.29 is 19.1 Å². The summed E-state index contributed by atoms with van der Waals surface area (Å²) in [7, 11) is 1.56. The third-order valence-electron chi connectivity index (χ3n) is 3.20. The maximum atomic E-state index is 12.0. The van der Waals surface area contributed by atoms with Crippen molar-refractivity contribution in [2.24, 2.45) is 0 Å². The number of ether oxygens (including phenoxy) is 2. The van der Waals surface area contributed by atoms with Crippen LogP contribution < -0.4 is 10.1 Å². The summed E-state index contributed by atoms with van der Waals surface area (Å²) in [6, 6.07) is 16.2. The lowest BCUT2D eigenvalue weighted by Crippen LogP contribution is -2.30. The molecule has 2 rings (SSSR count). The lowest BCUT2D eigenvalue weighted by molar-refractivity contribution is -0.152. The first-order valence-electron chi connectivity index (χ1n) is 7.27. The van der Waals surface area contributed by atoms with Crippen LogP contribution >= 0.6 is 0 Å². The predicted octanol–water partition coefficient (Wildman–Crippen LogP) is 2.81. The molecule has 0 aromatic heterocycles. The molecule has 0 aliphatic heterocycles. The van der Waals surface area contributed by atoms with Gasteiger partial charge in [0.15, 0.2) is 6.10 Å². The van der Waals surface area contributed by atoms with Gasteiger partial charge in [-0.2, -0.15) is 0 Å². The summed E-state index contributed by atoms with van der Waals surface area (Å²) in [4.78, 5) is 23.9. The zero-order valence-corrected chi connectivity index (χ0v) is 13.1. The Labute approximate surface area is 135 Å². The second kappa shape index (κ2) is 7.98. The first kappa shape index (κ1) is 16.5. The largest absolute Gasteiger partial charge is 0.497 e. The highest BCUT2D eigenvalue weighted by Gasteiger charge is 2.18. The molecule has 0 spiro atoms. The topological polar surface area (TPSA) is 64.6 Å². The molecule has 1 N–H and O–H groups in total. The zero-order valence-electron chi connectivity index (χ0n) is 13.1. The number of carbonyl (C=O) groups excluding carboxylic acids is 2. The number of para-hydroxylation sites is 1. The fourth-order valence-corrected chi connectivity index (χ4v) is 2.01. The molecule has 0 aliphatic carbocycles. The summed E-state index contributed by atoms with van der Waals surface area (Å²) in [5.41, 5.74) is 1.43. The fraction of sp³-hybridized carbons (Fsp3) is 0.222. The van der Waals surface area contributed by atoms with Crippen molar-refractivity contribution in [1.82, 2.24) is 0 Å². The number of esters is 1. The van der Waals surface area contributed by atoms with Crippen LogP contribution in [0.2, 0.25) is 0 Å². The van der Waals surface area contributed by atoms with Crippen LogP contribution in [0.1, 0.15) is 12.5 Å². The fourth-order valence-electron chi connectivity index (χ4n) is 2.01. The van der Waals surface area contributed by atoms with Gasteiger partial charge in [0.25, 0.3) is 5.91 Å². The van der Waals surface area contributed by atoms with Crippen molar-refractivity contribution in [2.45, 2.75) is 19.4 Å². The number of methoxy groups -OCH3 is 1. The van der Waals surface area contributed by atoms with Gasteiger partial charge in [0.1, 0.15) is 5.75 Å². The third-order valence-corrected chi connectivity index (χ3v) is 3.20. The Morgan fingerprint density at radius 2 is 1.83 bits per heavy atom. The first-order chi connectivity index (χ1) is 11.1. The molecule has 1 amide bonds. The van der Waals surface area contributed by atoms with E-state index in [9.17, 15) is 9.59 Å². The molecule has 0 bridgehead atoms. The van der Waals surface area contributed by atoms with Gasteiger partial charge in [-0.25, -0.2) is 0 Å². The SMILES string of the molecule is COc1cccc(CC(=O)O[C@@H](C)C(=O)Nc2ccccc2)c1. The maximum absolute atomic E-state index is 12.0. The van der Waals surface area contributed by atoms with Crippen LogP contribution in [0, 0.1) is 0 Å². The van der Waals surface area contributed by atoms with E-state index in [1.807, 2.05) is 18.2 Å². The minimum Gasteiger partial charge on any atom is -0.497 e. The number of benzene rings is 2. The highest BCUT2D eigenvalue weighted by Crippen LogP contribution is 2.14. The summed E-state index contributed by atoms with van der Waals surface area (Å²) in [5.74, 6) is -0.158. The monoisotopic (exact) mass is 313 g/mol. The predicted molar refractivity (Wildman–Crippen MR) is 87.3 cm³/mol. The lowest BCUT2D eigenvalue weighted by atomic mass is 10.1. The van der Waals surface area contributed by atoms with Crippen LogP contribution in [0.3, 0.4) is 0 Å². The Bertz CT molecular complexity index is 670. The van der Waals surface area contributed by atoms with Gasteiger partial charge in [0, 0.05) is 5.69 Å². The van der Waals surface area contributed by atoms with Gasteiger partial charge in [0.05, 0.1) is 13.5 Å². The van der Waals surface area contributed by atoms with Gasteiger partial charge in [0.2, 0.25) is 0 Å². The van der Waals surface area contributed by atoms with Crippen LogP contribution in [-0.2, 0) is 20.7 Å². The van der Waals surface area contributed by atoms with E-state index in [0.717, 1.165) is 5.56 Å². The highest BCUT2D eigenvalue weighted by atomic mass is 16.5. The second-order valence-electron chi connectivity index (χ2n) is 5.02. The maximum Gasteiger partial charge on any atom is 0.311 e. The van der Waals surface area contributed by atoms with Crippen molar-refractivity contribution in [2.75, 3.05) is 12.4 Å². The quantitative estimate of drug-likeness (QED) is 0.833. The molecule has 1 atom stereocenters. The van der Waals surface area contributed by atoms with Gasteiger partial charge >= 0.3 is 5.97 Å². The summed E-state index contributed by atoms with van der Waals surface area (Å²) < 4.78 is 10.3. The Balaban J connectivity index is 1.87. The average Bonchev–Trinajstić information content (AvgIpc) is 2.55. The Morgan fingerprint density at radius 1 is 1.09 bits per heavy atom. The van der Waals surface area contributed by atoms with E-state index in [1.165, 1.54) is 0 Å². The lowest BCUT2D eigenvalue weighted by Gasteiger charge is -2.13. The molecule has 2 aromatic rings. The van der Waals surface area contributed by atoms with Crippen molar-refractivity contribution in [3.63, 3.8) is 0 Å². The number of carbonyl (C=O) groups is 2. The average molecular weight is 313 g/mol. The Morgan fingerprint density at radius 3 is 2.52 bits per heavy atom. The van der Waals surface area contributed by atoms with Crippen molar-refractivity contribution in [3.8, 4) is 5.75 Å². The van der Waals surface area contributed by atoms with E-state index in [4.69, 9.17) is 9.47 Å². The molecule has 2 aromatic carbocycles. The molecule has 120 valence electrons. The van der Waals surface area contributed by atoms with Gasteiger partial charge in [-0.15, -0.1) is 0 Å². The molecule has 5 nitrogen and oxygen atoms in total.